The van der Waals surface area contributed by atoms with E-state index in [1.54, 1.807) is 24.3 Å². The first-order valence-electron chi connectivity index (χ1n) is 11.8. The average molecular weight is 493 g/mol. The van der Waals surface area contributed by atoms with E-state index >= 15 is 0 Å². The van der Waals surface area contributed by atoms with Crippen LogP contribution in [0.25, 0.3) is 0 Å². The summed E-state index contributed by atoms with van der Waals surface area (Å²) in [5.74, 6) is 0.269. The maximum absolute atomic E-state index is 13.8. The summed E-state index contributed by atoms with van der Waals surface area (Å²) in [7, 11) is 0. The summed E-state index contributed by atoms with van der Waals surface area (Å²) in [4.78, 5) is 17.1. The monoisotopic (exact) mass is 492 g/mol. The molecule has 1 N–H and O–H groups in total. The standard InChI is InChI=1S/C26H31Cl2FN2O2/c27-22-8-7-21(16-23(22)28)25(32)31-13-9-19(18-31)17-30-14-11-26(33,12-15-30)10-3-5-20-4-1-2-6-24(20)29/h1-2,4,6-8,16,19,33H,3,5,9-15,17-18H2. The van der Waals surface area contributed by atoms with Gasteiger partial charge in [-0.1, -0.05) is 41.4 Å². The van der Waals surface area contributed by atoms with Gasteiger partial charge in [-0.05, 0) is 74.3 Å². The number of likely N-dealkylation sites (tertiary alicyclic amines) is 2. The van der Waals surface area contributed by atoms with Crippen molar-refractivity contribution in [2.75, 3.05) is 32.7 Å². The van der Waals surface area contributed by atoms with Crippen molar-refractivity contribution in [3.05, 3.63) is 69.5 Å². The van der Waals surface area contributed by atoms with Crippen LogP contribution in [0.1, 0.15) is 48.0 Å². The van der Waals surface area contributed by atoms with Crippen LogP contribution in [0.5, 0.6) is 0 Å². The zero-order valence-electron chi connectivity index (χ0n) is 18.8. The molecule has 2 aromatic carbocycles. The Kier molecular flexibility index (Phi) is 7.95. The van der Waals surface area contributed by atoms with Crippen LogP contribution in [0.15, 0.2) is 42.5 Å². The maximum Gasteiger partial charge on any atom is 0.253 e. The number of nitrogens with zero attached hydrogens (tertiary/aromatic N) is 2. The third kappa shape index (κ3) is 6.27. The van der Waals surface area contributed by atoms with Crippen molar-refractivity contribution in [3.8, 4) is 0 Å². The molecule has 0 radical (unpaired) electrons. The van der Waals surface area contributed by atoms with Crippen LogP contribution in [0.3, 0.4) is 0 Å². The van der Waals surface area contributed by atoms with Crippen LogP contribution in [-0.2, 0) is 6.42 Å². The molecule has 178 valence electrons. The predicted octanol–water partition coefficient (Wildman–Crippen LogP) is 5.44. The molecular formula is C26H31Cl2FN2O2. The van der Waals surface area contributed by atoms with Gasteiger partial charge in [-0.25, -0.2) is 4.39 Å². The van der Waals surface area contributed by atoms with Crippen LogP contribution in [0, 0.1) is 11.7 Å². The largest absolute Gasteiger partial charge is 0.390 e. The van der Waals surface area contributed by atoms with Gasteiger partial charge in [-0.15, -0.1) is 0 Å². The molecule has 2 aliphatic heterocycles. The van der Waals surface area contributed by atoms with Gasteiger partial charge in [-0.3, -0.25) is 4.79 Å². The number of aryl methyl sites for hydroxylation is 1. The smallest absolute Gasteiger partial charge is 0.253 e. The molecule has 0 aromatic heterocycles. The molecule has 0 spiro atoms. The third-order valence-corrected chi connectivity index (χ3v) is 7.83. The Morgan fingerprint density at radius 3 is 2.58 bits per heavy atom. The van der Waals surface area contributed by atoms with E-state index in [0.717, 1.165) is 64.0 Å². The SMILES string of the molecule is O=C(c1ccc(Cl)c(Cl)c1)N1CCC(CN2CCC(O)(CCCc3ccccc3F)CC2)C1. The highest BCUT2D eigenvalue weighted by Crippen LogP contribution is 2.30. The van der Waals surface area contributed by atoms with Crippen molar-refractivity contribution in [1.82, 2.24) is 9.80 Å². The summed E-state index contributed by atoms with van der Waals surface area (Å²) in [6.45, 7) is 4.14. The Hall–Kier alpha value is -1.66. The molecule has 1 unspecified atom stereocenters. The molecule has 0 saturated carbocycles. The zero-order valence-corrected chi connectivity index (χ0v) is 20.3. The van der Waals surface area contributed by atoms with E-state index in [1.807, 2.05) is 17.0 Å². The lowest BCUT2D eigenvalue weighted by molar-refractivity contribution is -0.0312. The Bertz CT molecular complexity index is 979. The van der Waals surface area contributed by atoms with Crippen molar-refractivity contribution in [3.63, 3.8) is 0 Å². The Morgan fingerprint density at radius 1 is 1.09 bits per heavy atom. The first-order chi connectivity index (χ1) is 15.8. The average Bonchev–Trinajstić information content (AvgIpc) is 3.27. The van der Waals surface area contributed by atoms with Gasteiger partial charge in [0.15, 0.2) is 0 Å². The van der Waals surface area contributed by atoms with E-state index in [1.165, 1.54) is 6.07 Å². The number of carbonyl (C=O) groups is 1. The minimum Gasteiger partial charge on any atom is -0.390 e. The summed E-state index contributed by atoms with van der Waals surface area (Å²) in [5, 5.41) is 11.8. The summed E-state index contributed by atoms with van der Waals surface area (Å²) >= 11 is 12.0. The highest BCUT2D eigenvalue weighted by atomic mass is 35.5. The number of halogens is 3. The molecule has 1 amide bonds. The second kappa shape index (κ2) is 10.7. The van der Waals surface area contributed by atoms with Crippen molar-refractivity contribution >= 4 is 29.1 Å². The molecule has 2 aliphatic rings. The first kappa shape index (κ1) is 24.5. The molecule has 2 saturated heterocycles. The molecule has 2 aromatic rings. The highest BCUT2D eigenvalue weighted by Gasteiger charge is 2.34. The highest BCUT2D eigenvalue weighted by molar-refractivity contribution is 6.42. The predicted molar refractivity (Wildman–Crippen MR) is 130 cm³/mol. The van der Waals surface area contributed by atoms with Gasteiger partial charge in [-0.2, -0.15) is 0 Å². The molecule has 7 heteroatoms. The number of aliphatic hydroxyl groups is 1. The number of amides is 1. The van der Waals surface area contributed by atoms with Gasteiger partial charge >= 0.3 is 0 Å². The summed E-state index contributed by atoms with van der Waals surface area (Å²) in [6.07, 6.45) is 4.60. The van der Waals surface area contributed by atoms with E-state index in [2.05, 4.69) is 4.90 Å². The molecule has 2 fully saturated rings. The molecular weight excluding hydrogens is 462 g/mol. The normalized spacial score (nSPS) is 20.8. The zero-order chi connectivity index (χ0) is 23.4. The molecule has 33 heavy (non-hydrogen) atoms. The van der Waals surface area contributed by atoms with E-state index in [-0.39, 0.29) is 11.7 Å². The topological polar surface area (TPSA) is 43.8 Å². The fourth-order valence-electron chi connectivity index (χ4n) is 5.05. The van der Waals surface area contributed by atoms with Crippen molar-refractivity contribution in [2.24, 2.45) is 5.92 Å². The van der Waals surface area contributed by atoms with Gasteiger partial charge in [0.25, 0.3) is 5.91 Å². The fraction of sp³-hybridized carbons (Fsp3) is 0.500. The lowest BCUT2D eigenvalue weighted by Gasteiger charge is -2.39. The van der Waals surface area contributed by atoms with Crippen LogP contribution in [-0.4, -0.2) is 59.1 Å². The van der Waals surface area contributed by atoms with Gasteiger partial charge in [0.05, 0.1) is 15.6 Å². The number of benzene rings is 2. The molecule has 0 aliphatic carbocycles. The Labute approximate surface area is 205 Å². The summed E-state index contributed by atoms with van der Waals surface area (Å²) < 4.78 is 13.8. The third-order valence-electron chi connectivity index (χ3n) is 7.09. The van der Waals surface area contributed by atoms with Crippen molar-refractivity contribution in [1.29, 1.82) is 0 Å². The summed E-state index contributed by atoms with van der Waals surface area (Å²) in [6, 6.07) is 11.9. The van der Waals surface area contributed by atoms with Gasteiger partial charge in [0.2, 0.25) is 0 Å². The lowest BCUT2D eigenvalue weighted by Crippen LogP contribution is -2.46. The minimum absolute atomic E-state index is 0.000983. The van der Waals surface area contributed by atoms with Gasteiger partial charge in [0, 0.05) is 38.3 Å². The number of rotatable bonds is 7. The first-order valence-corrected chi connectivity index (χ1v) is 12.5. The second-order valence-electron chi connectivity index (χ2n) is 9.50. The fourth-order valence-corrected chi connectivity index (χ4v) is 5.35. The summed E-state index contributed by atoms with van der Waals surface area (Å²) in [5.41, 5.74) is 0.635. The van der Waals surface area contributed by atoms with E-state index in [0.29, 0.717) is 34.4 Å². The van der Waals surface area contributed by atoms with Gasteiger partial charge < -0.3 is 14.9 Å². The van der Waals surface area contributed by atoms with Crippen LogP contribution in [0.4, 0.5) is 4.39 Å². The number of hydrogen-bond acceptors (Lipinski definition) is 3. The second-order valence-corrected chi connectivity index (χ2v) is 10.3. The van der Waals surface area contributed by atoms with Crippen molar-refractivity contribution < 1.29 is 14.3 Å². The van der Waals surface area contributed by atoms with Crippen molar-refractivity contribution in [2.45, 2.75) is 44.1 Å². The maximum atomic E-state index is 13.8. The Morgan fingerprint density at radius 2 is 1.85 bits per heavy atom. The van der Waals surface area contributed by atoms with Crippen LogP contribution < -0.4 is 0 Å². The molecule has 4 nitrogen and oxygen atoms in total. The van der Waals surface area contributed by atoms with Crippen LogP contribution in [0.2, 0.25) is 10.0 Å². The molecule has 0 bridgehead atoms. The molecule has 1 atom stereocenters. The number of carbonyl (C=O) groups excluding carboxylic acids is 1. The Balaban J connectivity index is 1.20. The number of hydrogen-bond donors (Lipinski definition) is 1. The number of piperidine rings is 1. The van der Waals surface area contributed by atoms with E-state index in [4.69, 9.17) is 23.2 Å². The van der Waals surface area contributed by atoms with E-state index < -0.39 is 5.60 Å². The molecule has 2 heterocycles. The molecule has 4 rings (SSSR count). The van der Waals surface area contributed by atoms with Crippen LogP contribution >= 0.6 is 23.2 Å². The van der Waals surface area contributed by atoms with E-state index in [9.17, 15) is 14.3 Å². The van der Waals surface area contributed by atoms with Gasteiger partial charge in [0.1, 0.15) is 5.82 Å². The minimum atomic E-state index is -0.659. The lowest BCUT2D eigenvalue weighted by atomic mass is 9.85. The quantitative estimate of drug-likeness (QED) is 0.559.